The number of hydrogen-bond acceptors (Lipinski definition) is 4. The van der Waals surface area contributed by atoms with Crippen LogP contribution in [0.1, 0.15) is 27.4 Å². The monoisotopic (exact) mass is 281 g/mol. The number of thioether (sulfide) groups is 1. The van der Waals surface area contributed by atoms with Crippen molar-refractivity contribution in [1.82, 2.24) is 4.98 Å². The number of carboxylic acids is 1. The summed E-state index contributed by atoms with van der Waals surface area (Å²) in [6.07, 6.45) is 0. The second kappa shape index (κ2) is 5.44. The lowest BCUT2D eigenvalue weighted by atomic mass is 10.1. The topological polar surface area (TPSA) is 63.3 Å². The molecule has 0 saturated heterocycles. The average Bonchev–Trinajstić information content (AvgIpc) is 2.67. The van der Waals surface area contributed by atoms with Crippen LogP contribution in [0.4, 0.5) is 4.39 Å². The van der Waals surface area contributed by atoms with Gasteiger partial charge in [-0.25, -0.2) is 14.2 Å². The Kier molecular flexibility index (Phi) is 3.90. The zero-order valence-corrected chi connectivity index (χ0v) is 11.3. The highest BCUT2D eigenvalue weighted by molar-refractivity contribution is 7.98. The first-order valence-corrected chi connectivity index (χ1v) is 6.54. The first kappa shape index (κ1) is 13.6. The fourth-order valence-corrected chi connectivity index (χ4v) is 2.33. The molecule has 100 valence electrons. The van der Waals surface area contributed by atoms with Crippen molar-refractivity contribution >= 4 is 17.7 Å². The second-order valence-corrected chi connectivity index (χ2v) is 4.96. The summed E-state index contributed by atoms with van der Waals surface area (Å²) in [6.45, 7) is 3.68. The molecule has 6 heteroatoms. The maximum Gasteiger partial charge on any atom is 0.338 e. The van der Waals surface area contributed by atoms with E-state index in [4.69, 9.17) is 9.52 Å². The van der Waals surface area contributed by atoms with Crippen molar-refractivity contribution in [2.24, 2.45) is 0 Å². The van der Waals surface area contributed by atoms with Gasteiger partial charge in [-0.05, 0) is 31.5 Å². The van der Waals surface area contributed by atoms with Gasteiger partial charge in [-0.1, -0.05) is 17.8 Å². The lowest BCUT2D eigenvalue weighted by Gasteiger charge is -2.02. The van der Waals surface area contributed by atoms with Crippen LogP contribution >= 0.6 is 11.8 Å². The normalized spacial score (nSPS) is 10.7. The molecule has 2 rings (SSSR count). The fourth-order valence-electron chi connectivity index (χ4n) is 1.48. The summed E-state index contributed by atoms with van der Waals surface area (Å²) in [5.74, 6) is -0.774. The molecule has 0 radical (unpaired) electrons. The lowest BCUT2D eigenvalue weighted by Crippen LogP contribution is -2.01. The van der Waals surface area contributed by atoms with Crippen LogP contribution in [0.2, 0.25) is 0 Å². The number of hydrogen-bond donors (Lipinski definition) is 1. The van der Waals surface area contributed by atoms with E-state index < -0.39 is 11.8 Å². The van der Waals surface area contributed by atoms with E-state index in [9.17, 15) is 9.18 Å². The first-order valence-electron chi connectivity index (χ1n) is 5.56. The lowest BCUT2D eigenvalue weighted by molar-refractivity contribution is 0.0692. The molecule has 0 fully saturated rings. The van der Waals surface area contributed by atoms with Crippen LogP contribution in [-0.4, -0.2) is 16.1 Å². The summed E-state index contributed by atoms with van der Waals surface area (Å²) in [5, 5.41) is 9.36. The van der Waals surface area contributed by atoms with E-state index in [1.165, 1.54) is 17.8 Å². The molecule has 0 atom stereocenters. The van der Waals surface area contributed by atoms with Gasteiger partial charge in [-0.15, -0.1) is 0 Å². The number of aryl methyl sites for hydroxylation is 2. The van der Waals surface area contributed by atoms with Gasteiger partial charge in [0.15, 0.2) is 0 Å². The third kappa shape index (κ3) is 3.14. The zero-order chi connectivity index (χ0) is 14.0. The number of carbonyl (C=O) groups is 1. The molecule has 0 aliphatic heterocycles. The molecule has 0 unspecified atom stereocenters. The summed E-state index contributed by atoms with van der Waals surface area (Å²) in [5.41, 5.74) is 1.21. The van der Waals surface area contributed by atoms with Crippen molar-refractivity contribution < 1.29 is 18.7 Å². The molecule has 0 spiro atoms. The Labute approximate surface area is 113 Å². The van der Waals surface area contributed by atoms with Crippen molar-refractivity contribution in [3.63, 3.8) is 0 Å². The smallest absolute Gasteiger partial charge is 0.338 e. The summed E-state index contributed by atoms with van der Waals surface area (Å²) in [6, 6.07) is 4.04. The maximum absolute atomic E-state index is 13.2. The Morgan fingerprint density at radius 3 is 2.79 bits per heavy atom. The van der Waals surface area contributed by atoms with E-state index in [1.807, 2.05) is 13.8 Å². The van der Waals surface area contributed by atoms with Crippen molar-refractivity contribution in [3.8, 4) is 0 Å². The van der Waals surface area contributed by atoms with E-state index >= 15 is 0 Å². The Morgan fingerprint density at radius 2 is 2.21 bits per heavy atom. The molecule has 0 bridgehead atoms. The van der Waals surface area contributed by atoms with E-state index in [1.54, 1.807) is 6.07 Å². The fraction of sp³-hybridized carbons (Fsp3) is 0.231. The highest BCUT2D eigenvalue weighted by Gasteiger charge is 2.12. The summed E-state index contributed by atoms with van der Waals surface area (Å²) < 4.78 is 18.6. The molecule has 1 N–H and O–H groups in total. The molecule has 0 aliphatic carbocycles. The highest BCUT2D eigenvalue weighted by atomic mass is 32.2. The van der Waals surface area contributed by atoms with E-state index in [-0.39, 0.29) is 5.56 Å². The standard InChI is InChI=1S/C13H12FNO3S/c1-7-8(2)18-13(15-7)19-6-9-3-4-11(14)10(5-9)12(16)17/h3-5H,6H2,1-2H3,(H,16,17). The molecule has 0 aliphatic rings. The van der Waals surface area contributed by atoms with Gasteiger partial charge >= 0.3 is 5.97 Å². The molecule has 4 nitrogen and oxygen atoms in total. The van der Waals surface area contributed by atoms with Crippen LogP contribution < -0.4 is 0 Å². The highest BCUT2D eigenvalue weighted by Crippen LogP contribution is 2.24. The van der Waals surface area contributed by atoms with Crippen molar-refractivity contribution in [3.05, 3.63) is 46.6 Å². The second-order valence-electron chi connectivity index (χ2n) is 4.03. The van der Waals surface area contributed by atoms with Crippen LogP contribution in [0.5, 0.6) is 0 Å². The first-order chi connectivity index (χ1) is 8.97. The van der Waals surface area contributed by atoms with E-state index in [0.717, 1.165) is 17.5 Å². The number of halogens is 1. The quantitative estimate of drug-likeness (QED) is 0.870. The minimum Gasteiger partial charge on any atom is -0.478 e. The maximum atomic E-state index is 13.2. The van der Waals surface area contributed by atoms with Gasteiger partial charge < -0.3 is 9.52 Å². The Hall–Kier alpha value is -1.82. The summed E-state index contributed by atoms with van der Waals surface area (Å²) in [4.78, 5) is 15.0. The van der Waals surface area contributed by atoms with Gasteiger partial charge in [-0.2, -0.15) is 0 Å². The molecular formula is C13H12FNO3S. The molecule has 1 aromatic heterocycles. The molecule has 1 aromatic carbocycles. The predicted octanol–water partition coefficient (Wildman–Crippen LogP) is 3.42. The van der Waals surface area contributed by atoms with Crippen LogP contribution in [0.15, 0.2) is 27.8 Å². The predicted molar refractivity (Wildman–Crippen MR) is 68.9 cm³/mol. The molecule has 0 saturated carbocycles. The van der Waals surface area contributed by atoms with Gasteiger partial charge in [0.25, 0.3) is 5.22 Å². The Bertz CT molecular complexity index is 605. The number of benzene rings is 1. The van der Waals surface area contributed by atoms with Gasteiger partial charge in [0, 0.05) is 5.75 Å². The van der Waals surface area contributed by atoms with Gasteiger partial charge in [0.2, 0.25) is 0 Å². The van der Waals surface area contributed by atoms with Gasteiger partial charge in [0.05, 0.1) is 11.3 Å². The molecule has 19 heavy (non-hydrogen) atoms. The van der Waals surface area contributed by atoms with Crippen molar-refractivity contribution in [2.75, 3.05) is 0 Å². The number of carboxylic acid groups (broad SMARTS) is 1. The van der Waals surface area contributed by atoms with Crippen LogP contribution in [-0.2, 0) is 5.75 Å². The average molecular weight is 281 g/mol. The SMILES string of the molecule is Cc1nc(SCc2ccc(F)c(C(=O)O)c2)oc1C. The number of rotatable bonds is 4. The number of aromatic carboxylic acids is 1. The molecule has 0 amide bonds. The van der Waals surface area contributed by atoms with Crippen LogP contribution in [0.3, 0.4) is 0 Å². The van der Waals surface area contributed by atoms with Gasteiger partial charge in [0.1, 0.15) is 11.6 Å². The van der Waals surface area contributed by atoms with Gasteiger partial charge in [-0.3, -0.25) is 0 Å². The van der Waals surface area contributed by atoms with Crippen LogP contribution in [0, 0.1) is 19.7 Å². The van der Waals surface area contributed by atoms with E-state index in [0.29, 0.717) is 16.5 Å². The summed E-state index contributed by atoms with van der Waals surface area (Å²) >= 11 is 1.34. The minimum atomic E-state index is -1.27. The minimum absolute atomic E-state index is 0.321. The Morgan fingerprint density at radius 1 is 1.47 bits per heavy atom. The van der Waals surface area contributed by atoms with E-state index in [2.05, 4.69) is 4.98 Å². The van der Waals surface area contributed by atoms with Crippen LogP contribution in [0.25, 0.3) is 0 Å². The number of aromatic nitrogens is 1. The third-order valence-corrected chi connectivity index (χ3v) is 3.53. The number of nitrogens with zero attached hydrogens (tertiary/aromatic N) is 1. The zero-order valence-electron chi connectivity index (χ0n) is 10.4. The van der Waals surface area contributed by atoms with Crippen molar-refractivity contribution in [1.29, 1.82) is 0 Å². The molecular weight excluding hydrogens is 269 g/mol. The number of oxazole rings is 1. The van der Waals surface area contributed by atoms with Crippen molar-refractivity contribution in [2.45, 2.75) is 24.8 Å². The molecule has 2 aromatic rings. The Balaban J connectivity index is 2.11. The molecule has 1 heterocycles. The largest absolute Gasteiger partial charge is 0.478 e. The third-order valence-electron chi connectivity index (χ3n) is 2.63. The summed E-state index contributed by atoms with van der Waals surface area (Å²) in [7, 11) is 0.